The van der Waals surface area contributed by atoms with E-state index in [0.717, 1.165) is 6.07 Å². The first-order chi connectivity index (χ1) is 6.69. The molecule has 0 aliphatic heterocycles. The molecular weight excluding hydrogens is 213 g/mol. The fourth-order valence-corrected chi connectivity index (χ4v) is 1.08. The van der Waals surface area contributed by atoms with Gasteiger partial charge in [-0.2, -0.15) is 0 Å². The van der Waals surface area contributed by atoms with Gasteiger partial charge in [0.15, 0.2) is 5.82 Å². The first-order valence-electron chi connectivity index (χ1n) is 3.57. The van der Waals surface area contributed by atoms with Crippen LogP contribution < -0.4 is 10.2 Å². The van der Waals surface area contributed by atoms with Gasteiger partial charge in [-0.3, -0.25) is 4.79 Å². The van der Waals surface area contributed by atoms with Crippen molar-refractivity contribution in [1.82, 2.24) is 0 Å². The van der Waals surface area contributed by atoms with E-state index in [1.165, 1.54) is 13.2 Å². The van der Waals surface area contributed by atoms with Gasteiger partial charge in [0.25, 0.3) is 0 Å². The number of carbonyl (C=O) groups excluding carboxylic acids is 1. The second-order valence-corrected chi connectivity index (χ2v) is 2.69. The van der Waals surface area contributed by atoms with Crippen molar-refractivity contribution in [2.24, 2.45) is 0 Å². The Bertz CT molecular complexity index is 346. The Morgan fingerprint density at radius 1 is 1.57 bits per heavy atom. The van der Waals surface area contributed by atoms with E-state index in [1.54, 1.807) is 0 Å². The van der Waals surface area contributed by atoms with Crippen LogP contribution in [-0.2, 0) is 9.63 Å². The number of hydrogen-bond acceptors (Lipinski definition) is 4. The number of halogens is 2. The Morgan fingerprint density at radius 3 is 2.86 bits per heavy atom. The quantitative estimate of drug-likeness (QED) is 0.622. The molecule has 6 heteroatoms. The molecule has 1 rings (SSSR count). The number of carbonyl (C=O) groups is 1. The monoisotopic (exact) mass is 219 g/mol. The molecule has 1 aromatic carbocycles. The van der Waals surface area contributed by atoms with Gasteiger partial charge in [-0.1, -0.05) is 11.6 Å². The SMILES string of the molecule is COc1cc(NOC=O)c(F)cc1Cl. The lowest BCUT2D eigenvalue weighted by Gasteiger charge is -2.08. The molecule has 0 heterocycles. The molecule has 0 fully saturated rings. The second kappa shape index (κ2) is 4.66. The van der Waals surface area contributed by atoms with Crippen molar-refractivity contribution in [2.45, 2.75) is 0 Å². The van der Waals surface area contributed by atoms with Crippen LogP contribution in [0.1, 0.15) is 0 Å². The molecule has 4 nitrogen and oxygen atoms in total. The van der Waals surface area contributed by atoms with E-state index >= 15 is 0 Å². The summed E-state index contributed by atoms with van der Waals surface area (Å²) in [6.45, 7) is 0.139. The largest absolute Gasteiger partial charge is 0.495 e. The summed E-state index contributed by atoms with van der Waals surface area (Å²) in [6, 6.07) is 2.33. The lowest BCUT2D eigenvalue weighted by Crippen LogP contribution is -2.01. The first kappa shape index (κ1) is 10.6. The zero-order valence-corrected chi connectivity index (χ0v) is 7.97. The predicted octanol–water partition coefficient (Wildman–Crippen LogP) is 1.99. The van der Waals surface area contributed by atoms with Gasteiger partial charge in [0.05, 0.1) is 12.1 Å². The van der Waals surface area contributed by atoms with Gasteiger partial charge >= 0.3 is 6.47 Å². The van der Waals surface area contributed by atoms with Crippen LogP contribution in [0.2, 0.25) is 5.02 Å². The zero-order valence-electron chi connectivity index (χ0n) is 7.21. The summed E-state index contributed by atoms with van der Waals surface area (Å²) in [5, 5.41) is 0.140. The number of nitrogens with one attached hydrogen (secondary N) is 1. The van der Waals surface area contributed by atoms with E-state index in [9.17, 15) is 9.18 Å². The predicted molar refractivity (Wildman–Crippen MR) is 48.7 cm³/mol. The summed E-state index contributed by atoms with van der Waals surface area (Å²) in [7, 11) is 1.39. The van der Waals surface area contributed by atoms with Crippen molar-refractivity contribution in [3.8, 4) is 5.75 Å². The summed E-state index contributed by atoms with van der Waals surface area (Å²) in [4.78, 5) is 14.0. The third-order valence-corrected chi connectivity index (χ3v) is 1.75. The van der Waals surface area contributed by atoms with Crippen molar-refractivity contribution in [3.63, 3.8) is 0 Å². The smallest absolute Gasteiger partial charge is 0.320 e. The molecule has 0 saturated heterocycles. The average molecular weight is 220 g/mol. The number of hydrogen-bond donors (Lipinski definition) is 1. The number of ether oxygens (including phenoxy) is 1. The molecule has 0 unspecified atom stereocenters. The van der Waals surface area contributed by atoms with Crippen molar-refractivity contribution >= 4 is 23.8 Å². The summed E-state index contributed by atoms with van der Waals surface area (Å²) in [5.74, 6) is -0.359. The molecule has 0 saturated carbocycles. The molecule has 0 aliphatic rings. The minimum absolute atomic E-state index is 0.0293. The first-order valence-corrected chi connectivity index (χ1v) is 3.95. The normalized spacial score (nSPS) is 9.36. The van der Waals surface area contributed by atoms with E-state index in [2.05, 4.69) is 10.3 Å². The van der Waals surface area contributed by atoms with E-state index in [4.69, 9.17) is 16.3 Å². The summed E-state index contributed by atoms with van der Waals surface area (Å²) < 4.78 is 17.9. The molecule has 0 atom stereocenters. The van der Waals surface area contributed by atoms with Crippen LogP contribution >= 0.6 is 11.6 Å². The van der Waals surface area contributed by atoms with Crippen molar-refractivity contribution in [2.75, 3.05) is 12.6 Å². The van der Waals surface area contributed by atoms with E-state index < -0.39 is 5.82 Å². The number of rotatable bonds is 4. The summed E-state index contributed by atoms with van der Waals surface area (Å²) in [5.41, 5.74) is 2.05. The number of benzene rings is 1. The van der Waals surface area contributed by atoms with Crippen LogP contribution in [0.25, 0.3) is 0 Å². The lowest BCUT2D eigenvalue weighted by molar-refractivity contribution is -0.126. The maximum absolute atomic E-state index is 13.1. The molecule has 0 aromatic heterocycles. The van der Waals surface area contributed by atoms with Crippen LogP contribution in [0.4, 0.5) is 10.1 Å². The molecule has 1 N–H and O–H groups in total. The molecule has 0 spiro atoms. The van der Waals surface area contributed by atoms with Crippen LogP contribution in [0, 0.1) is 5.82 Å². The van der Waals surface area contributed by atoms with Gasteiger partial charge < -0.3 is 9.57 Å². The molecule has 1 aromatic rings. The topological polar surface area (TPSA) is 47.6 Å². The molecule has 14 heavy (non-hydrogen) atoms. The van der Waals surface area contributed by atoms with Gasteiger partial charge in [0.1, 0.15) is 11.4 Å². The van der Waals surface area contributed by atoms with Crippen LogP contribution in [0.15, 0.2) is 12.1 Å². The number of methoxy groups -OCH3 is 1. The minimum Gasteiger partial charge on any atom is -0.495 e. The molecule has 0 bridgehead atoms. The Hall–Kier alpha value is -1.49. The zero-order chi connectivity index (χ0) is 10.6. The van der Waals surface area contributed by atoms with Crippen molar-refractivity contribution in [3.05, 3.63) is 23.0 Å². The molecule has 0 amide bonds. The molecular formula is C8H7ClFNO3. The van der Waals surface area contributed by atoms with Gasteiger partial charge in [-0.05, 0) is 6.07 Å². The highest BCUT2D eigenvalue weighted by Crippen LogP contribution is 2.29. The standard InChI is InChI=1S/C8H7ClFNO3/c1-13-8-3-7(11-14-4-12)6(10)2-5(8)9/h2-4,11H,1H3. The van der Waals surface area contributed by atoms with Crippen molar-refractivity contribution < 1.29 is 18.8 Å². The van der Waals surface area contributed by atoms with E-state index in [1.807, 2.05) is 0 Å². The lowest BCUT2D eigenvalue weighted by atomic mass is 10.3. The Balaban J connectivity index is 2.98. The van der Waals surface area contributed by atoms with Crippen LogP contribution in [0.5, 0.6) is 5.75 Å². The molecule has 0 aliphatic carbocycles. The van der Waals surface area contributed by atoms with E-state index in [0.29, 0.717) is 0 Å². The van der Waals surface area contributed by atoms with Crippen LogP contribution in [0.3, 0.4) is 0 Å². The van der Waals surface area contributed by atoms with Gasteiger partial charge in [0.2, 0.25) is 0 Å². The van der Waals surface area contributed by atoms with Gasteiger partial charge in [-0.25, -0.2) is 9.87 Å². The fourth-order valence-electron chi connectivity index (χ4n) is 0.851. The third-order valence-electron chi connectivity index (χ3n) is 1.46. The van der Waals surface area contributed by atoms with Gasteiger partial charge in [-0.15, -0.1) is 0 Å². The Morgan fingerprint density at radius 2 is 2.29 bits per heavy atom. The summed E-state index contributed by atoms with van der Waals surface area (Å²) in [6.07, 6.45) is 0. The molecule has 76 valence electrons. The van der Waals surface area contributed by atoms with Gasteiger partial charge in [0, 0.05) is 6.07 Å². The van der Waals surface area contributed by atoms with Crippen LogP contribution in [-0.4, -0.2) is 13.6 Å². The third kappa shape index (κ3) is 2.26. The average Bonchev–Trinajstić information content (AvgIpc) is 2.17. The fraction of sp³-hybridized carbons (Fsp3) is 0.125. The molecule has 0 radical (unpaired) electrons. The maximum atomic E-state index is 13.1. The highest BCUT2D eigenvalue weighted by atomic mass is 35.5. The second-order valence-electron chi connectivity index (χ2n) is 2.28. The Labute approximate surface area is 84.5 Å². The Kier molecular flexibility index (Phi) is 3.53. The van der Waals surface area contributed by atoms with E-state index in [-0.39, 0.29) is 22.9 Å². The minimum atomic E-state index is -0.641. The van der Waals surface area contributed by atoms with Crippen molar-refractivity contribution in [1.29, 1.82) is 0 Å². The number of anilines is 1. The summed E-state index contributed by atoms with van der Waals surface area (Å²) >= 11 is 5.63. The maximum Gasteiger partial charge on any atom is 0.320 e. The highest BCUT2D eigenvalue weighted by Gasteiger charge is 2.08. The highest BCUT2D eigenvalue weighted by molar-refractivity contribution is 6.32.